The van der Waals surface area contributed by atoms with Crippen LogP contribution in [0.25, 0.3) is 22.1 Å². The fourth-order valence-corrected chi connectivity index (χ4v) is 2.19. The van der Waals surface area contributed by atoms with Crippen LogP contribution >= 0.6 is 0 Å². The molecular formula is C15H12N6. The summed E-state index contributed by atoms with van der Waals surface area (Å²) in [5, 5.41) is 4.14. The van der Waals surface area contributed by atoms with E-state index in [9.17, 15) is 0 Å². The minimum atomic E-state index is 0.601. The number of fused-ring (bicyclic) bond motifs is 2. The first-order valence-corrected chi connectivity index (χ1v) is 6.57. The van der Waals surface area contributed by atoms with E-state index in [4.69, 9.17) is 0 Å². The van der Waals surface area contributed by atoms with E-state index in [1.54, 1.807) is 6.21 Å². The van der Waals surface area contributed by atoms with Gasteiger partial charge in [0.25, 0.3) is 0 Å². The number of H-pyrrole nitrogens is 2. The van der Waals surface area contributed by atoms with E-state index in [-0.39, 0.29) is 0 Å². The molecule has 0 fully saturated rings. The van der Waals surface area contributed by atoms with Crippen molar-refractivity contribution in [3.63, 3.8) is 0 Å². The third-order valence-corrected chi connectivity index (χ3v) is 3.15. The molecule has 0 aliphatic heterocycles. The summed E-state index contributed by atoms with van der Waals surface area (Å²) >= 11 is 0. The lowest BCUT2D eigenvalue weighted by Crippen LogP contribution is -1.93. The Kier molecular flexibility index (Phi) is 2.64. The Labute approximate surface area is 119 Å². The van der Waals surface area contributed by atoms with Crippen molar-refractivity contribution in [1.29, 1.82) is 0 Å². The molecule has 4 aromatic rings. The van der Waals surface area contributed by atoms with Gasteiger partial charge in [-0.3, -0.25) is 0 Å². The summed E-state index contributed by atoms with van der Waals surface area (Å²) in [6, 6.07) is 15.7. The molecule has 0 saturated heterocycles. The normalized spacial score (nSPS) is 11.6. The van der Waals surface area contributed by atoms with Gasteiger partial charge in [-0.25, -0.2) is 15.4 Å². The van der Waals surface area contributed by atoms with Crippen molar-refractivity contribution in [3.05, 3.63) is 54.4 Å². The van der Waals surface area contributed by atoms with Crippen molar-refractivity contribution >= 4 is 34.2 Å². The van der Waals surface area contributed by atoms with E-state index in [1.165, 1.54) is 0 Å². The van der Waals surface area contributed by atoms with Crippen LogP contribution in [-0.4, -0.2) is 26.2 Å². The molecule has 4 rings (SSSR count). The number of rotatable bonds is 3. The van der Waals surface area contributed by atoms with Crippen LogP contribution in [0.2, 0.25) is 0 Å². The van der Waals surface area contributed by atoms with Crippen LogP contribution in [0, 0.1) is 0 Å². The lowest BCUT2D eigenvalue weighted by atomic mass is 10.3. The van der Waals surface area contributed by atoms with Gasteiger partial charge in [0, 0.05) is 0 Å². The number of anilines is 1. The van der Waals surface area contributed by atoms with Crippen molar-refractivity contribution in [2.24, 2.45) is 5.10 Å². The number of hydrogen-bond acceptors (Lipinski definition) is 4. The van der Waals surface area contributed by atoms with Gasteiger partial charge in [-0.15, -0.1) is 0 Å². The first-order chi connectivity index (χ1) is 10.4. The van der Waals surface area contributed by atoms with Gasteiger partial charge in [0.05, 0.1) is 28.3 Å². The highest BCUT2D eigenvalue weighted by molar-refractivity contribution is 5.84. The number of hydrogen-bond donors (Lipinski definition) is 3. The first-order valence-electron chi connectivity index (χ1n) is 6.57. The standard InChI is InChI=1S/C15H12N6/c1-2-6-11-10(5-1)17-14(18-11)9-16-21-15-19-12-7-3-4-8-13(12)20-15/h1-9H,(H,17,18)(H2,19,20,21). The summed E-state index contributed by atoms with van der Waals surface area (Å²) in [6.07, 6.45) is 1.63. The zero-order valence-electron chi connectivity index (χ0n) is 11.0. The fraction of sp³-hybridized carbons (Fsp3) is 0. The Morgan fingerprint density at radius 1 is 0.857 bits per heavy atom. The maximum atomic E-state index is 4.41. The Bertz CT molecular complexity index is 867. The van der Waals surface area contributed by atoms with Crippen LogP contribution in [0.15, 0.2) is 53.6 Å². The van der Waals surface area contributed by atoms with Gasteiger partial charge in [0.2, 0.25) is 5.95 Å². The van der Waals surface area contributed by atoms with Gasteiger partial charge >= 0.3 is 0 Å². The van der Waals surface area contributed by atoms with Crippen LogP contribution in [0.1, 0.15) is 5.82 Å². The van der Waals surface area contributed by atoms with Gasteiger partial charge < -0.3 is 9.97 Å². The SMILES string of the molecule is C(=NNc1nc2ccccc2[nH]1)c1nc2ccccc2[nH]1. The second-order valence-electron chi connectivity index (χ2n) is 4.61. The molecule has 6 nitrogen and oxygen atoms in total. The minimum Gasteiger partial charge on any atom is -0.337 e. The topological polar surface area (TPSA) is 81.8 Å². The van der Waals surface area contributed by atoms with Gasteiger partial charge in [0.1, 0.15) is 0 Å². The quantitative estimate of drug-likeness (QED) is 0.397. The predicted octanol–water partition coefficient (Wildman–Crippen LogP) is 2.89. The van der Waals surface area contributed by atoms with Crippen LogP contribution in [0.5, 0.6) is 0 Å². The van der Waals surface area contributed by atoms with Crippen LogP contribution < -0.4 is 5.43 Å². The molecular weight excluding hydrogens is 264 g/mol. The van der Waals surface area contributed by atoms with Gasteiger partial charge in [-0.2, -0.15) is 5.10 Å². The molecule has 2 heterocycles. The molecule has 0 saturated carbocycles. The third-order valence-electron chi connectivity index (χ3n) is 3.15. The number of nitrogens with zero attached hydrogens (tertiary/aromatic N) is 3. The second-order valence-corrected chi connectivity index (χ2v) is 4.61. The molecule has 0 unspecified atom stereocenters. The smallest absolute Gasteiger partial charge is 0.222 e. The summed E-state index contributed by atoms with van der Waals surface area (Å²) in [5.74, 6) is 1.29. The highest BCUT2D eigenvalue weighted by Crippen LogP contribution is 2.13. The highest BCUT2D eigenvalue weighted by Gasteiger charge is 2.00. The lowest BCUT2D eigenvalue weighted by molar-refractivity contribution is 1.20. The summed E-state index contributed by atoms with van der Waals surface area (Å²) in [6.45, 7) is 0. The highest BCUT2D eigenvalue weighted by atomic mass is 15.4. The van der Waals surface area contributed by atoms with Crippen molar-refractivity contribution in [2.75, 3.05) is 5.43 Å². The number of para-hydroxylation sites is 4. The van der Waals surface area contributed by atoms with Crippen molar-refractivity contribution in [1.82, 2.24) is 19.9 Å². The second kappa shape index (κ2) is 4.75. The molecule has 102 valence electrons. The maximum absolute atomic E-state index is 4.41. The monoisotopic (exact) mass is 276 g/mol. The van der Waals surface area contributed by atoms with Crippen LogP contribution in [0.3, 0.4) is 0 Å². The van der Waals surface area contributed by atoms with E-state index in [1.807, 2.05) is 48.5 Å². The summed E-state index contributed by atoms with van der Waals surface area (Å²) < 4.78 is 0. The van der Waals surface area contributed by atoms with Gasteiger partial charge in [-0.05, 0) is 24.3 Å². The fourth-order valence-electron chi connectivity index (χ4n) is 2.19. The number of imidazole rings is 2. The summed E-state index contributed by atoms with van der Waals surface area (Å²) in [7, 11) is 0. The molecule has 2 aromatic heterocycles. The molecule has 3 N–H and O–H groups in total. The Balaban J connectivity index is 1.55. The Morgan fingerprint density at radius 3 is 2.24 bits per heavy atom. The number of nitrogens with one attached hydrogen (secondary N) is 3. The average Bonchev–Trinajstić information content (AvgIpc) is 3.09. The molecule has 2 aromatic carbocycles. The molecule has 0 radical (unpaired) electrons. The molecule has 0 amide bonds. The number of aromatic nitrogens is 4. The molecule has 0 atom stereocenters. The van der Waals surface area contributed by atoms with Crippen molar-refractivity contribution in [2.45, 2.75) is 0 Å². The number of benzene rings is 2. The number of hydrazone groups is 1. The van der Waals surface area contributed by atoms with E-state index in [0.717, 1.165) is 22.1 Å². The predicted molar refractivity (Wildman–Crippen MR) is 83.4 cm³/mol. The van der Waals surface area contributed by atoms with E-state index in [0.29, 0.717) is 11.8 Å². The Morgan fingerprint density at radius 2 is 1.52 bits per heavy atom. The van der Waals surface area contributed by atoms with E-state index in [2.05, 4.69) is 30.5 Å². The number of aromatic amines is 2. The van der Waals surface area contributed by atoms with Crippen molar-refractivity contribution < 1.29 is 0 Å². The lowest BCUT2D eigenvalue weighted by Gasteiger charge is -1.91. The van der Waals surface area contributed by atoms with E-state index < -0.39 is 0 Å². The van der Waals surface area contributed by atoms with E-state index >= 15 is 0 Å². The zero-order chi connectivity index (χ0) is 14.1. The maximum Gasteiger partial charge on any atom is 0.222 e. The zero-order valence-corrected chi connectivity index (χ0v) is 11.0. The van der Waals surface area contributed by atoms with Crippen LogP contribution in [0.4, 0.5) is 5.95 Å². The molecule has 0 spiro atoms. The minimum absolute atomic E-state index is 0.601. The van der Waals surface area contributed by atoms with Gasteiger partial charge in [0.15, 0.2) is 5.82 Å². The van der Waals surface area contributed by atoms with Gasteiger partial charge in [-0.1, -0.05) is 24.3 Å². The molecule has 21 heavy (non-hydrogen) atoms. The summed E-state index contributed by atoms with van der Waals surface area (Å²) in [5.41, 5.74) is 6.65. The third kappa shape index (κ3) is 2.23. The molecule has 0 bridgehead atoms. The largest absolute Gasteiger partial charge is 0.337 e. The summed E-state index contributed by atoms with van der Waals surface area (Å²) in [4.78, 5) is 15.1. The molecule has 0 aliphatic rings. The Hall–Kier alpha value is -3.15. The first kappa shape index (κ1) is 11.7. The average molecular weight is 276 g/mol. The molecule has 6 heteroatoms. The van der Waals surface area contributed by atoms with Crippen LogP contribution in [-0.2, 0) is 0 Å². The van der Waals surface area contributed by atoms with Crippen molar-refractivity contribution in [3.8, 4) is 0 Å². The molecule has 0 aliphatic carbocycles.